The Hall–Kier alpha value is 0.140. The van der Waals surface area contributed by atoms with Gasteiger partial charge in [-0.25, -0.2) is 0 Å². The monoisotopic (exact) mass is 334 g/mol. The minimum atomic E-state index is 0.171. The predicted octanol–water partition coefficient (Wildman–Crippen LogP) is 4.70. The second-order valence-electron chi connectivity index (χ2n) is 3.42. The summed E-state index contributed by atoms with van der Waals surface area (Å²) in [5.74, 6) is 0. The number of rotatable bonds is 6. The van der Waals surface area contributed by atoms with Crippen molar-refractivity contribution in [3.05, 3.63) is 34.3 Å². The van der Waals surface area contributed by atoms with Crippen LogP contribution in [0.2, 0.25) is 0 Å². The van der Waals surface area contributed by atoms with Crippen LogP contribution in [0, 0.1) is 0 Å². The van der Waals surface area contributed by atoms with E-state index in [1.54, 1.807) is 0 Å². The van der Waals surface area contributed by atoms with Crippen LogP contribution < -0.4 is 0 Å². The molecule has 0 spiro atoms. The van der Waals surface area contributed by atoms with Crippen molar-refractivity contribution in [2.24, 2.45) is 0 Å². The van der Waals surface area contributed by atoms with E-state index in [-0.39, 0.29) is 6.10 Å². The van der Waals surface area contributed by atoms with Gasteiger partial charge in [0, 0.05) is 16.4 Å². The molecule has 0 radical (unpaired) electrons. The Kier molecular flexibility index (Phi) is 6.53. The second-order valence-corrected chi connectivity index (χ2v) is 4.98. The number of hydrogen-bond acceptors (Lipinski definition) is 1. The van der Waals surface area contributed by atoms with Crippen molar-refractivity contribution in [1.29, 1.82) is 0 Å². The third kappa shape index (κ3) is 4.66. The first-order chi connectivity index (χ1) is 7.27. The van der Waals surface area contributed by atoms with E-state index in [2.05, 4.69) is 50.9 Å². The third-order valence-electron chi connectivity index (χ3n) is 2.20. The molecule has 0 saturated carbocycles. The van der Waals surface area contributed by atoms with E-state index in [1.165, 1.54) is 12.0 Å². The molecular weight excluding hydrogens is 320 g/mol. The van der Waals surface area contributed by atoms with Crippen LogP contribution >= 0.6 is 31.9 Å². The first-order valence-electron chi connectivity index (χ1n) is 5.21. The molecule has 1 unspecified atom stereocenters. The zero-order chi connectivity index (χ0) is 11.1. The summed E-state index contributed by atoms with van der Waals surface area (Å²) >= 11 is 6.91. The van der Waals surface area contributed by atoms with Crippen LogP contribution in [0.4, 0.5) is 0 Å². The SMILES string of the molecule is CCCCOC(CBr)c1ccc(Br)cc1. The molecule has 3 heteroatoms. The van der Waals surface area contributed by atoms with Gasteiger partial charge in [0.15, 0.2) is 0 Å². The highest BCUT2D eigenvalue weighted by molar-refractivity contribution is 9.10. The number of ether oxygens (including phenoxy) is 1. The molecule has 0 bridgehead atoms. The van der Waals surface area contributed by atoms with Gasteiger partial charge in [-0.15, -0.1) is 0 Å². The summed E-state index contributed by atoms with van der Waals surface area (Å²) in [6.45, 7) is 3.01. The molecule has 0 N–H and O–H groups in total. The molecule has 84 valence electrons. The largest absolute Gasteiger partial charge is 0.373 e. The molecule has 0 saturated heterocycles. The van der Waals surface area contributed by atoms with Crippen molar-refractivity contribution in [3.63, 3.8) is 0 Å². The second kappa shape index (κ2) is 7.42. The van der Waals surface area contributed by atoms with E-state index in [4.69, 9.17) is 4.74 Å². The minimum Gasteiger partial charge on any atom is -0.373 e. The van der Waals surface area contributed by atoms with Crippen molar-refractivity contribution < 1.29 is 4.74 Å². The highest BCUT2D eigenvalue weighted by Gasteiger charge is 2.09. The standard InChI is InChI=1S/C12H16Br2O/c1-2-3-8-15-12(9-13)10-4-6-11(14)7-5-10/h4-7,12H,2-3,8-9H2,1H3. The van der Waals surface area contributed by atoms with Gasteiger partial charge in [-0.3, -0.25) is 0 Å². The first kappa shape index (κ1) is 13.2. The zero-order valence-electron chi connectivity index (χ0n) is 8.88. The predicted molar refractivity (Wildman–Crippen MR) is 71.5 cm³/mol. The van der Waals surface area contributed by atoms with Crippen LogP contribution in [0.5, 0.6) is 0 Å². The number of halogens is 2. The van der Waals surface area contributed by atoms with Crippen molar-refractivity contribution in [3.8, 4) is 0 Å². The van der Waals surface area contributed by atoms with Crippen molar-refractivity contribution >= 4 is 31.9 Å². The maximum absolute atomic E-state index is 5.80. The molecule has 0 aliphatic rings. The Morgan fingerprint density at radius 2 is 1.93 bits per heavy atom. The lowest BCUT2D eigenvalue weighted by molar-refractivity contribution is 0.0677. The lowest BCUT2D eigenvalue weighted by atomic mass is 10.1. The van der Waals surface area contributed by atoms with Gasteiger partial charge in [-0.1, -0.05) is 57.3 Å². The van der Waals surface area contributed by atoms with Crippen LogP contribution in [-0.4, -0.2) is 11.9 Å². The number of alkyl halides is 1. The molecule has 0 fully saturated rings. The molecule has 1 aromatic carbocycles. The molecule has 0 aliphatic heterocycles. The minimum absolute atomic E-state index is 0.171. The molecular formula is C12H16Br2O. The Labute approximate surface area is 108 Å². The van der Waals surface area contributed by atoms with Gasteiger partial charge in [0.05, 0.1) is 6.10 Å². The lowest BCUT2D eigenvalue weighted by Gasteiger charge is -2.15. The zero-order valence-corrected chi connectivity index (χ0v) is 12.1. The van der Waals surface area contributed by atoms with E-state index < -0.39 is 0 Å². The summed E-state index contributed by atoms with van der Waals surface area (Å²) in [6, 6.07) is 8.30. The maximum atomic E-state index is 5.80. The smallest absolute Gasteiger partial charge is 0.0921 e. The van der Waals surface area contributed by atoms with E-state index in [0.29, 0.717) is 0 Å². The Balaban J connectivity index is 2.53. The summed E-state index contributed by atoms with van der Waals surface area (Å²) in [5.41, 5.74) is 1.23. The topological polar surface area (TPSA) is 9.23 Å². The highest BCUT2D eigenvalue weighted by atomic mass is 79.9. The molecule has 0 aromatic heterocycles. The number of benzene rings is 1. The van der Waals surface area contributed by atoms with Gasteiger partial charge in [0.1, 0.15) is 0 Å². The lowest BCUT2D eigenvalue weighted by Crippen LogP contribution is -2.06. The Bertz CT molecular complexity index is 271. The first-order valence-corrected chi connectivity index (χ1v) is 7.12. The normalized spacial score (nSPS) is 12.7. The van der Waals surface area contributed by atoms with E-state index >= 15 is 0 Å². The van der Waals surface area contributed by atoms with E-state index in [9.17, 15) is 0 Å². The molecule has 0 heterocycles. The molecule has 1 atom stereocenters. The molecule has 1 nitrogen and oxygen atoms in total. The van der Waals surface area contributed by atoms with Crippen molar-refractivity contribution in [2.75, 3.05) is 11.9 Å². The Morgan fingerprint density at radius 1 is 1.27 bits per heavy atom. The number of hydrogen-bond donors (Lipinski definition) is 0. The molecule has 1 aromatic rings. The molecule has 0 amide bonds. The average Bonchev–Trinajstić information content (AvgIpc) is 2.26. The van der Waals surface area contributed by atoms with Crippen LogP contribution in [-0.2, 0) is 4.74 Å². The fourth-order valence-electron chi connectivity index (χ4n) is 1.28. The average molecular weight is 336 g/mol. The van der Waals surface area contributed by atoms with Gasteiger partial charge in [0.2, 0.25) is 0 Å². The summed E-state index contributed by atoms with van der Waals surface area (Å²) < 4.78 is 6.90. The summed E-state index contributed by atoms with van der Waals surface area (Å²) in [4.78, 5) is 0. The van der Waals surface area contributed by atoms with E-state index in [1.807, 2.05) is 12.1 Å². The van der Waals surface area contributed by atoms with Crippen LogP contribution in [0.3, 0.4) is 0 Å². The van der Waals surface area contributed by atoms with Gasteiger partial charge < -0.3 is 4.74 Å². The van der Waals surface area contributed by atoms with Gasteiger partial charge in [-0.2, -0.15) is 0 Å². The van der Waals surface area contributed by atoms with Crippen LogP contribution in [0.15, 0.2) is 28.7 Å². The fourth-order valence-corrected chi connectivity index (χ4v) is 2.10. The number of unbranched alkanes of at least 4 members (excludes halogenated alkanes) is 1. The highest BCUT2D eigenvalue weighted by Crippen LogP contribution is 2.22. The van der Waals surface area contributed by atoms with Gasteiger partial charge in [0.25, 0.3) is 0 Å². The summed E-state index contributed by atoms with van der Waals surface area (Å²) in [7, 11) is 0. The third-order valence-corrected chi connectivity index (χ3v) is 3.32. The molecule has 0 aliphatic carbocycles. The quantitative estimate of drug-likeness (QED) is 0.540. The van der Waals surface area contributed by atoms with Crippen LogP contribution in [0.1, 0.15) is 31.4 Å². The maximum Gasteiger partial charge on any atom is 0.0921 e. The Morgan fingerprint density at radius 3 is 2.47 bits per heavy atom. The fraction of sp³-hybridized carbons (Fsp3) is 0.500. The van der Waals surface area contributed by atoms with E-state index in [0.717, 1.165) is 22.8 Å². The van der Waals surface area contributed by atoms with Crippen molar-refractivity contribution in [1.82, 2.24) is 0 Å². The molecule has 15 heavy (non-hydrogen) atoms. The summed E-state index contributed by atoms with van der Waals surface area (Å²) in [6.07, 6.45) is 2.47. The van der Waals surface area contributed by atoms with Crippen LogP contribution in [0.25, 0.3) is 0 Å². The van der Waals surface area contributed by atoms with Gasteiger partial charge in [-0.05, 0) is 24.1 Å². The summed E-state index contributed by atoms with van der Waals surface area (Å²) in [5, 5.41) is 0.846. The van der Waals surface area contributed by atoms with Crippen molar-refractivity contribution in [2.45, 2.75) is 25.9 Å². The molecule has 1 rings (SSSR count). The van der Waals surface area contributed by atoms with Gasteiger partial charge >= 0.3 is 0 Å².